The van der Waals surface area contributed by atoms with Gasteiger partial charge in [-0.3, -0.25) is 0 Å². The summed E-state index contributed by atoms with van der Waals surface area (Å²) in [6, 6.07) is 15.8. The van der Waals surface area contributed by atoms with Gasteiger partial charge < -0.3 is 10.6 Å². The maximum atomic E-state index is 13.4. The Morgan fingerprint density at radius 2 is 1.73 bits per heavy atom. The highest BCUT2D eigenvalue weighted by Crippen LogP contribution is 2.35. The van der Waals surface area contributed by atoms with Crippen LogP contribution in [0.5, 0.6) is 0 Å². The fourth-order valence-corrected chi connectivity index (χ4v) is 2.89. The predicted octanol–water partition coefficient (Wildman–Crippen LogP) is 6.05. The largest absolute Gasteiger partial charge is 0.421 e. The van der Waals surface area contributed by atoms with Crippen LogP contribution < -0.4 is 10.6 Å². The van der Waals surface area contributed by atoms with E-state index in [0.717, 1.165) is 12.6 Å². The van der Waals surface area contributed by atoms with Gasteiger partial charge in [-0.1, -0.05) is 38.1 Å². The van der Waals surface area contributed by atoms with Gasteiger partial charge in [0.15, 0.2) is 0 Å². The molecule has 0 saturated heterocycles. The minimum Gasteiger partial charge on any atom is -0.338 e. The minimum atomic E-state index is -4.65. The number of nitriles is 1. The number of para-hydroxylation sites is 1. The molecule has 0 radical (unpaired) electrons. The maximum Gasteiger partial charge on any atom is 0.421 e. The Balaban J connectivity index is 1.90. The van der Waals surface area contributed by atoms with Crippen molar-refractivity contribution in [3.63, 3.8) is 0 Å². The fourth-order valence-electron chi connectivity index (χ4n) is 2.89. The van der Waals surface area contributed by atoms with Gasteiger partial charge >= 0.3 is 6.18 Å². The highest BCUT2D eigenvalue weighted by molar-refractivity contribution is 5.67. The first kappa shape index (κ1) is 21.1. The fraction of sp³-hybridized carbons (Fsp3) is 0.227. The smallest absolute Gasteiger partial charge is 0.338 e. The molecule has 154 valence electrons. The van der Waals surface area contributed by atoms with E-state index in [9.17, 15) is 18.4 Å². The van der Waals surface area contributed by atoms with Crippen molar-refractivity contribution in [2.45, 2.75) is 26.4 Å². The topological polar surface area (TPSA) is 73.6 Å². The van der Waals surface area contributed by atoms with E-state index >= 15 is 0 Å². The molecule has 0 aliphatic carbocycles. The normalized spacial score (nSPS) is 11.2. The molecule has 3 rings (SSSR count). The Morgan fingerprint density at radius 1 is 1.03 bits per heavy atom. The summed E-state index contributed by atoms with van der Waals surface area (Å²) in [6.45, 7) is 4.25. The first-order chi connectivity index (χ1) is 14.3. The molecular weight excluding hydrogens is 391 g/mol. The van der Waals surface area contributed by atoms with Crippen molar-refractivity contribution >= 4 is 23.1 Å². The van der Waals surface area contributed by atoms with Crippen LogP contribution in [0.1, 0.15) is 30.5 Å². The summed E-state index contributed by atoms with van der Waals surface area (Å²) in [5.74, 6) is 0.0997. The quantitative estimate of drug-likeness (QED) is 0.516. The summed E-state index contributed by atoms with van der Waals surface area (Å²) in [6.07, 6.45) is -3.00. The van der Waals surface area contributed by atoms with Gasteiger partial charge in [0.25, 0.3) is 0 Å². The molecule has 0 atom stereocenters. The third-order valence-corrected chi connectivity index (χ3v) is 4.25. The van der Waals surface area contributed by atoms with Crippen molar-refractivity contribution in [1.29, 1.82) is 5.26 Å². The van der Waals surface area contributed by atoms with Crippen LogP contribution in [0.3, 0.4) is 0 Å². The molecule has 3 aromatic rings. The molecule has 0 saturated carbocycles. The number of anilines is 4. The Hall–Kier alpha value is -3.60. The number of aromatic nitrogens is 2. The highest BCUT2D eigenvalue weighted by Gasteiger charge is 2.35. The van der Waals surface area contributed by atoms with E-state index in [1.165, 1.54) is 17.7 Å². The van der Waals surface area contributed by atoms with E-state index in [1.54, 1.807) is 12.1 Å². The molecule has 2 aromatic carbocycles. The molecular formula is C22H20F3N5. The third kappa shape index (κ3) is 5.26. The Labute approximate surface area is 172 Å². The molecule has 0 spiro atoms. The molecule has 0 unspecified atom stereocenters. The van der Waals surface area contributed by atoms with Crippen LogP contribution in [0.15, 0.2) is 54.7 Å². The number of nitrogens with one attached hydrogen (secondary N) is 2. The molecule has 5 nitrogen and oxygen atoms in total. The monoisotopic (exact) mass is 411 g/mol. The average Bonchev–Trinajstić information content (AvgIpc) is 2.69. The second-order valence-electron chi connectivity index (χ2n) is 7.16. The van der Waals surface area contributed by atoms with Crippen LogP contribution in [-0.2, 0) is 12.6 Å². The summed E-state index contributed by atoms with van der Waals surface area (Å²) in [5, 5.41) is 14.7. The minimum absolute atomic E-state index is 0.0107. The number of hydrogen-bond acceptors (Lipinski definition) is 5. The van der Waals surface area contributed by atoms with Gasteiger partial charge in [0, 0.05) is 11.9 Å². The van der Waals surface area contributed by atoms with Gasteiger partial charge in [0.1, 0.15) is 17.5 Å². The van der Waals surface area contributed by atoms with Crippen molar-refractivity contribution in [3.8, 4) is 6.07 Å². The number of nitrogens with zero attached hydrogens (tertiary/aromatic N) is 3. The van der Waals surface area contributed by atoms with E-state index in [0.29, 0.717) is 11.6 Å². The summed E-state index contributed by atoms with van der Waals surface area (Å²) >= 11 is 0. The van der Waals surface area contributed by atoms with Crippen LogP contribution in [0, 0.1) is 17.2 Å². The van der Waals surface area contributed by atoms with Gasteiger partial charge in [-0.2, -0.15) is 23.4 Å². The van der Waals surface area contributed by atoms with E-state index in [4.69, 9.17) is 0 Å². The number of benzene rings is 2. The van der Waals surface area contributed by atoms with Crippen LogP contribution >= 0.6 is 0 Å². The summed E-state index contributed by atoms with van der Waals surface area (Å²) in [4.78, 5) is 7.82. The molecule has 2 N–H and O–H groups in total. The van der Waals surface area contributed by atoms with Gasteiger partial charge in [0.2, 0.25) is 5.95 Å². The molecule has 1 aromatic heterocycles. The van der Waals surface area contributed by atoms with Crippen molar-refractivity contribution in [2.24, 2.45) is 5.92 Å². The van der Waals surface area contributed by atoms with E-state index in [2.05, 4.69) is 34.4 Å². The second-order valence-corrected chi connectivity index (χ2v) is 7.16. The molecule has 1 heterocycles. The van der Waals surface area contributed by atoms with Crippen LogP contribution in [0.4, 0.5) is 36.3 Å². The summed E-state index contributed by atoms with van der Waals surface area (Å²) in [5.41, 5.74) is 1.24. The van der Waals surface area contributed by atoms with Gasteiger partial charge in [-0.15, -0.1) is 0 Å². The number of hydrogen-bond donors (Lipinski definition) is 2. The lowest BCUT2D eigenvalue weighted by atomic mass is 10.0. The zero-order valence-corrected chi connectivity index (χ0v) is 16.5. The van der Waals surface area contributed by atoms with E-state index in [-0.39, 0.29) is 17.2 Å². The van der Waals surface area contributed by atoms with Crippen LogP contribution in [0.2, 0.25) is 0 Å². The lowest BCUT2D eigenvalue weighted by molar-refractivity contribution is -0.137. The van der Waals surface area contributed by atoms with Gasteiger partial charge in [0.05, 0.1) is 11.3 Å². The molecule has 0 amide bonds. The van der Waals surface area contributed by atoms with Gasteiger partial charge in [-0.25, -0.2) is 4.98 Å². The van der Waals surface area contributed by atoms with E-state index in [1.807, 2.05) is 30.3 Å². The third-order valence-electron chi connectivity index (χ3n) is 4.25. The highest BCUT2D eigenvalue weighted by atomic mass is 19.4. The predicted molar refractivity (Wildman–Crippen MR) is 110 cm³/mol. The first-order valence-electron chi connectivity index (χ1n) is 9.32. The first-order valence-corrected chi connectivity index (χ1v) is 9.32. The Kier molecular flexibility index (Phi) is 6.21. The molecule has 0 fully saturated rings. The average molecular weight is 411 g/mol. The van der Waals surface area contributed by atoms with Crippen molar-refractivity contribution in [1.82, 2.24) is 9.97 Å². The number of halogens is 3. The molecule has 8 heteroatoms. The van der Waals surface area contributed by atoms with Crippen molar-refractivity contribution in [3.05, 3.63) is 71.4 Å². The van der Waals surface area contributed by atoms with E-state index < -0.39 is 17.6 Å². The molecule has 0 bridgehead atoms. The standard InChI is InChI=1S/C22H20F3N5/c1-14(2)11-15-7-9-17(10-8-15)28-21-27-13-18(22(23,24)25)20(30-21)29-19-6-4-3-5-16(19)12-26/h3-10,13-14H,11H2,1-2H3,(H2,27,28,29,30). The maximum absolute atomic E-state index is 13.4. The molecule has 0 aliphatic rings. The zero-order chi connectivity index (χ0) is 21.7. The lowest BCUT2D eigenvalue weighted by Crippen LogP contribution is -2.13. The lowest BCUT2D eigenvalue weighted by Gasteiger charge is -2.15. The number of alkyl halides is 3. The summed E-state index contributed by atoms with van der Waals surface area (Å²) in [7, 11) is 0. The van der Waals surface area contributed by atoms with Crippen LogP contribution in [-0.4, -0.2) is 9.97 Å². The van der Waals surface area contributed by atoms with Gasteiger partial charge in [-0.05, 0) is 42.2 Å². The Bertz CT molecular complexity index is 1050. The van der Waals surface area contributed by atoms with Crippen LogP contribution in [0.25, 0.3) is 0 Å². The Morgan fingerprint density at radius 3 is 2.37 bits per heavy atom. The molecule has 30 heavy (non-hydrogen) atoms. The summed E-state index contributed by atoms with van der Waals surface area (Å²) < 4.78 is 40.3. The molecule has 0 aliphatic heterocycles. The second kappa shape index (κ2) is 8.82. The zero-order valence-electron chi connectivity index (χ0n) is 16.5. The SMILES string of the molecule is CC(C)Cc1ccc(Nc2ncc(C(F)(F)F)c(Nc3ccccc3C#N)n2)cc1. The number of rotatable bonds is 6. The van der Waals surface area contributed by atoms with Crippen molar-refractivity contribution < 1.29 is 13.2 Å². The van der Waals surface area contributed by atoms with Crippen molar-refractivity contribution in [2.75, 3.05) is 10.6 Å².